The van der Waals surface area contributed by atoms with E-state index in [0.29, 0.717) is 30.5 Å². The highest BCUT2D eigenvalue weighted by atomic mass is 16.6. The van der Waals surface area contributed by atoms with E-state index in [9.17, 15) is 4.79 Å². The number of rotatable bonds is 3. The molecular formula is C17H17N3O4. The predicted octanol–water partition coefficient (Wildman–Crippen LogP) is 1.30. The molecule has 0 aliphatic carbocycles. The Labute approximate surface area is 139 Å². The number of hydrogen-bond donors (Lipinski definition) is 0. The lowest BCUT2D eigenvalue weighted by Gasteiger charge is -2.28. The molecule has 0 N–H and O–H groups in total. The zero-order valence-electron chi connectivity index (χ0n) is 13.0. The Morgan fingerprint density at radius 1 is 1.25 bits per heavy atom. The molecule has 24 heavy (non-hydrogen) atoms. The molecule has 7 heteroatoms. The minimum Gasteiger partial charge on any atom is -0.485 e. The maximum Gasteiger partial charge on any atom is 0.267 e. The minimum atomic E-state index is -0.616. The Bertz CT molecular complexity index is 725. The fraction of sp³-hybridized carbons (Fsp3) is 0.353. The molecule has 1 aromatic carbocycles. The van der Waals surface area contributed by atoms with Crippen molar-refractivity contribution in [2.24, 2.45) is 0 Å². The Morgan fingerprint density at radius 3 is 2.96 bits per heavy atom. The van der Waals surface area contributed by atoms with Crippen molar-refractivity contribution in [1.82, 2.24) is 14.9 Å². The van der Waals surface area contributed by atoms with Crippen LogP contribution in [0.4, 0.5) is 0 Å². The van der Waals surface area contributed by atoms with Crippen LogP contribution in [0.2, 0.25) is 0 Å². The highest BCUT2D eigenvalue weighted by Crippen LogP contribution is 2.31. The first-order chi connectivity index (χ1) is 11.8. The molecule has 0 bridgehead atoms. The molecule has 4 rings (SSSR count). The van der Waals surface area contributed by atoms with Crippen molar-refractivity contribution in [3.63, 3.8) is 0 Å². The smallest absolute Gasteiger partial charge is 0.267 e. The van der Waals surface area contributed by atoms with Gasteiger partial charge in [0.25, 0.3) is 5.91 Å². The summed E-state index contributed by atoms with van der Waals surface area (Å²) in [5.74, 6) is 1.68. The first kappa shape index (κ1) is 14.7. The number of likely N-dealkylation sites (tertiary alicyclic amines) is 1. The molecule has 3 heterocycles. The summed E-state index contributed by atoms with van der Waals surface area (Å²) >= 11 is 0. The summed E-state index contributed by atoms with van der Waals surface area (Å²) < 4.78 is 17.2. The van der Waals surface area contributed by atoms with Gasteiger partial charge in [-0.1, -0.05) is 12.1 Å². The molecule has 1 fully saturated rings. The number of carbonyl (C=O) groups excluding carboxylic acids is 1. The van der Waals surface area contributed by atoms with Crippen LogP contribution in [0.3, 0.4) is 0 Å². The number of fused-ring (bicyclic) bond motifs is 1. The SMILES string of the molecule is O=C([C@@H]1COc2ccccc2O1)N1CC[C@H](Oc2cnccn2)C1. The average Bonchev–Trinajstić information content (AvgIpc) is 3.10. The minimum absolute atomic E-state index is 0.0743. The third-order valence-corrected chi connectivity index (χ3v) is 4.07. The molecule has 0 radical (unpaired) electrons. The van der Waals surface area contributed by atoms with Crippen molar-refractivity contribution >= 4 is 5.91 Å². The van der Waals surface area contributed by atoms with E-state index in [1.165, 1.54) is 0 Å². The molecule has 2 aromatic rings. The fourth-order valence-corrected chi connectivity index (χ4v) is 2.89. The highest BCUT2D eigenvalue weighted by molar-refractivity contribution is 5.82. The van der Waals surface area contributed by atoms with Crippen molar-refractivity contribution in [3.05, 3.63) is 42.9 Å². The topological polar surface area (TPSA) is 73.8 Å². The summed E-state index contributed by atoms with van der Waals surface area (Å²) in [5.41, 5.74) is 0. The van der Waals surface area contributed by atoms with Gasteiger partial charge in [-0.15, -0.1) is 0 Å². The van der Waals surface area contributed by atoms with Crippen molar-refractivity contribution in [1.29, 1.82) is 0 Å². The largest absolute Gasteiger partial charge is 0.485 e. The predicted molar refractivity (Wildman–Crippen MR) is 84.0 cm³/mol. The number of benzene rings is 1. The lowest BCUT2D eigenvalue weighted by Crippen LogP contribution is -2.46. The molecule has 1 amide bonds. The standard InChI is InChI=1S/C17H17N3O4/c21-17(15-11-22-13-3-1-2-4-14(13)24-15)20-8-5-12(10-20)23-16-9-18-6-7-19-16/h1-4,6-7,9,12,15H,5,8,10-11H2/t12-,15-/m0/s1. The second-order valence-corrected chi connectivity index (χ2v) is 5.72. The van der Waals surface area contributed by atoms with E-state index in [4.69, 9.17) is 14.2 Å². The summed E-state index contributed by atoms with van der Waals surface area (Å²) in [6.07, 6.45) is 4.80. The van der Waals surface area contributed by atoms with Crippen molar-refractivity contribution in [2.75, 3.05) is 19.7 Å². The molecule has 2 aliphatic heterocycles. The van der Waals surface area contributed by atoms with E-state index in [1.54, 1.807) is 29.6 Å². The Morgan fingerprint density at radius 2 is 2.12 bits per heavy atom. The lowest BCUT2D eigenvalue weighted by molar-refractivity contribution is -0.140. The number of carbonyl (C=O) groups is 1. The van der Waals surface area contributed by atoms with Crippen LogP contribution >= 0.6 is 0 Å². The van der Waals surface area contributed by atoms with E-state index in [2.05, 4.69) is 9.97 Å². The number of ether oxygens (including phenoxy) is 3. The normalized spacial score (nSPS) is 22.2. The second kappa shape index (κ2) is 6.35. The van der Waals surface area contributed by atoms with E-state index in [1.807, 2.05) is 18.2 Å². The van der Waals surface area contributed by atoms with Crippen LogP contribution < -0.4 is 14.2 Å². The Kier molecular flexibility index (Phi) is 3.90. The Hall–Kier alpha value is -2.83. The zero-order valence-corrected chi connectivity index (χ0v) is 13.0. The maximum absolute atomic E-state index is 12.6. The van der Waals surface area contributed by atoms with Crippen LogP contribution in [-0.4, -0.2) is 52.7 Å². The molecule has 0 saturated carbocycles. The molecule has 1 aromatic heterocycles. The van der Waals surface area contributed by atoms with E-state index >= 15 is 0 Å². The van der Waals surface area contributed by atoms with Gasteiger partial charge in [-0.2, -0.15) is 0 Å². The van der Waals surface area contributed by atoms with E-state index in [0.717, 1.165) is 6.42 Å². The van der Waals surface area contributed by atoms with Gasteiger partial charge in [-0.3, -0.25) is 9.78 Å². The Balaban J connectivity index is 1.36. The van der Waals surface area contributed by atoms with Gasteiger partial charge in [0.15, 0.2) is 11.5 Å². The van der Waals surface area contributed by atoms with Crippen molar-refractivity contribution in [3.8, 4) is 17.4 Å². The number of nitrogens with zero attached hydrogens (tertiary/aromatic N) is 3. The monoisotopic (exact) mass is 327 g/mol. The zero-order chi connectivity index (χ0) is 16.4. The quantitative estimate of drug-likeness (QED) is 0.846. The van der Waals surface area contributed by atoms with Crippen LogP contribution in [0.25, 0.3) is 0 Å². The van der Waals surface area contributed by atoms with Gasteiger partial charge >= 0.3 is 0 Å². The number of hydrogen-bond acceptors (Lipinski definition) is 6. The molecule has 1 saturated heterocycles. The van der Waals surface area contributed by atoms with Crippen LogP contribution in [0, 0.1) is 0 Å². The summed E-state index contributed by atoms with van der Waals surface area (Å²) in [6, 6.07) is 7.37. The molecule has 2 atom stereocenters. The summed E-state index contributed by atoms with van der Waals surface area (Å²) in [5, 5.41) is 0. The first-order valence-electron chi connectivity index (χ1n) is 7.89. The number of para-hydroxylation sites is 2. The first-order valence-corrected chi connectivity index (χ1v) is 7.89. The lowest BCUT2D eigenvalue weighted by atomic mass is 10.2. The average molecular weight is 327 g/mol. The molecule has 124 valence electrons. The van der Waals surface area contributed by atoms with Crippen molar-refractivity contribution < 1.29 is 19.0 Å². The molecule has 0 spiro atoms. The number of amides is 1. The van der Waals surface area contributed by atoms with Crippen LogP contribution in [0.15, 0.2) is 42.9 Å². The summed E-state index contributed by atoms with van der Waals surface area (Å²) in [6.45, 7) is 1.37. The van der Waals surface area contributed by atoms with Gasteiger partial charge in [0.1, 0.15) is 12.7 Å². The summed E-state index contributed by atoms with van der Waals surface area (Å²) in [7, 11) is 0. The highest BCUT2D eigenvalue weighted by Gasteiger charge is 2.35. The third kappa shape index (κ3) is 2.97. The number of aromatic nitrogens is 2. The van der Waals surface area contributed by atoms with Crippen LogP contribution in [0.1, 0.15) is 6.42 Å². The molecular weight excluding hydrogens is 310 g/mol. The van der Waals surface area contributed by atoms with E-state index < -0.39 is 6.10 Å². The second-order valence-electron chi connectivity index (χ2n) is 5.72. The van der Waals surface area contributed by atoms with Gasteiger partial charge in [-0.05, 0) is 12.1 Å². The van der Waals surface area contributed by atoms with Gasteiger partial charge < -0.3 is 19.1 Å². The van der Waals surface area contributed by atoms with E-state index in [-0.39, 0.29) is 18.6 Å². The van der Waals surface area contributed by atoms with Crippen LogP contribution in [0.5, 0.6) is 17.4 Å². The van der Waals surface area contributed by atoms with Crippen molar-refractivity contribution in [2.45, 2.75) is 18.6 Å². The summed E-state index contributed by atoms with van der Waals surface area (Å²) in [4.78, 5) is 22.5. The van der Waals surface area contributed by atoms with Gasteiger partial charge in [0.05, 0.1) is 12.7 Å². The van der Waals surface area contributed by atoms with Gasteiger partial charge in [0.2, 0.25) is 12.0 Å². The fourth-order valence-electron chi connectivity index (χ4n) is 2.89. The van der Waals surface area contributed by atoms with Gasteiger partial charge in [-0.25, -0.2) is 4.98 Å². The maximum atomic E-state index is 12.6. The van der Waals surface area contributed by atoms with Crippen LogP contribution in [-0.2, 0) is 4.79 Å². The molecule has 2 aliphatic rings. The molecule has 7 nitrogen and oxygen atoms in total. The molecule has 0 unspecified atom stereocenters. The van der Waals surface area contributed by atoms with Gasteiger partial charge in [0, 0.05) is 25.4 Å². The third-order valence-electron chi connectivity index (χ3n) is 4.07.